The van der Waals surface area contributed by atoms with Gasteiger partial charge in [0.25, 0.3) is 0 Å². The summed E-state index contributed by atoms with van der Waals surface area (Å²) in [5.41, 5.74) is -0.345. The van der Waals surface area contributed by atoms with Crippen molar-refractivity contribution >= 4 is 11.7 Å². The van der Waals surface area contributed by atoms with Gasteiger partial charge in [-0.3, -0.25) is 4.90 Å². The molecule has 1 saturated carbocycles. The fourth-order valence-electron chi connectivity index (χ4n) is 4.08. The highest BCUT2D eigenvalue weighted by Gasteiger charge is 2.33. The molecule has 0 N–H and O–H groups in total. The van der Waals surface area contributed by atoms with Gasteiger partial charge in [-0.2, -0.15) is 4.68 Å². The lowest BCUT2D eigenvalue weighted by Gasteiger charge is -2.34. The zero-order chi connectivity index (χ0) is 22.8. The smallest absolute Gasteiger partial charge is 0.377 e. The van der Waals surface area contributed by atoms with E-state index in [4.69, 9.17) is 4.74 Å². The molecule has 2 aromatic carbocycles. The van der Waals surface area contributed by atoms with E-state index in [1.54, 1.807) is 12.1 Å². The van der Waals surface area contributed by atoms with Crippen LogP contribution in [0.3, 0.4) is 0 Å². The predicted molar refractivity (Wildman–Crippen MR) is 113 cm³/mol. The van der Waals surface area contributed by atoms with Crippen molar-refractivity contribution in [1.29, 1.82) is 0 Å². The third-order valence-corrected chi connectivity index (χ3v) is 5.65. The number of aryl methyl sites for hydroxylation is 1. The highest BCUT2D eigenvalue weighted by molar-refractivity contribution is 5.95. The standard InChI is InChI=1S/C22H23F2N5O3/c1-14-11-12-19(32-2)18(13-14)27(15-7-4-3-5-8-15)21(30)29-22(31)28(25-26-29)20-16(23)9-6-10-17(20)24/h6,9-13,15H,3-5,7-8H2,1-2H3. The topological polar surface area (TPSA) is 82.2 Å². The molecule has 1 aliphatic rings. The molecular weight excluding hydrogens is 420 g/mol. The number of benzene rings is 2. The summed E-state index contributed by atoms with van der Waals surface area (Å²) in [7, 11) is 1.50. The van der Waals surface area contributed by atoms with Gasteiger partial charge < -0.3 is 4.74 Å². The highest BCUT2D eigenvalue weighted by Crippen LogP contribution is 2.35. The molecule has 0 unspecified atom stereocenters. The summed E-state index contributed by atoms with van der Waals surface area (Å²) >= 11 is 0. The molecule has 0 saturated heterocycles. The Bertz CT molecular complexity index is 1180. The van der Waals surface area contributed by atoms with E-state index in [0.29, 0.717) is 20.8 Å². The first-order chi connectivity index (χ1) is 15.4. The first kappa shape index (κ1) is 21.7. The summed E-state index contributed by atoms with van der Waals surface area (Å²) < 4.78 is 34.8. The molecule has 0 spiro atoms. The number of rotatable bonds is 4. The maximum absolute atomic E-state index is 14.2. The Morgan fingerprint density at radius 3 is 2.44 bits per heavy atom. The van der Waals surface area contributed by atoms with E-state index in [9.17, 15) is 18.4 Å². The number of anilines is 1. The second kappa shape index (κ2) is 8.89. The van der Waals surface area contributed by atoms with Crippen LogP contribution >= 0.6 is 0 Å². The van der Waals surface area contributed by atoms with Gasteiger partial charge in [-0.15, -0.1) is 4.68 Å². The lowest BCUT2D eigenvalue weighted by atomic mass is 9.93. The van der Waals surface area contributed by atoms with Gasteiger partial charge >= 0.3 is 11.7 Å². The van der Waals surface area contributed by atoms with E-state index in [-0.39, 0.29) is 6.04 Å². The molecule has 32 heavy (non-hydrogen) atoms. The Labute approximate surface area is 183 Å². The number of hydrogen-bond acceptors (Lipinski definition) is 5. The Hall–Kier alpha value is -3.56. The summed E-state index contributed by atoms with van der Waals surface area (Å²) in [6.07, 6.45) is 4.42. The predicted octanol–water partition coefficient (Wildman–Crippen LogP) is 3.83. The van der Waals surface area contributed by atoms with E-state index in [0.717, 1.165) is 49.8 Å². The van der Waals surface area contributed by atoms with Gasteiger partial charge in [-0.1, -0.05) is 31.4 Å². The van der Waals surface area contributed by atoms with Crippen LogP contribution < -0.4 is 15.3 Å². The molecule has 1 aliphatic carbocycles. The maximum atomic E-state index is 14.2. The summed E-state index contributed by atoms with van der Waals surface area (Å²) in [6.45, 7) is 1.88. The maximum Gasteiger partial charge on any atom is 0.377 e. The number of ether oxygens (including phenoxy) is 1. The van der Waals surface area contributed by atoms with Crippen LogP contribution in [0, 0.1) is 18.6 Å². The largest absolute Gasteiger partial charge is 0.495 e. The summed E-state index contributed by atoms with van der Waals surface area (Å²) in [5.74, 6) is -1.51. The number of amides is 1. The van der Waals surface area contributed by atoms with Crippen LogP contribution in [0.4, 0.5) is 19.3 Å². The Balaban J connectivity index is 1.82. The molecule has 1 aromatic heterocycles. The monoisotopic (exact) mass is 443 g/mol. The first-order valence-electron chi connectivity index (χ1n) is 10.4. The number of carbonyl (C=O) groups excluding carboxylic acids is 1. The average molecular weight is 443 g/mol. The van der Waals surface area contributed by atoms with Gasteiger partial charge in [-0.05, 0) is 60.0 Å². The van der Waals surface area contributed by atoms with Crippen LogP contribution in [0.5, 0.6) is 5.75 Å². The van der Waals surface area contributed by atoms with E-state index in [1.807, 2.05) is 13.0 Å². The minimum Gasteiger partial charge on any atom is -0.495 e. The second-order valence-corrected chi connectivity index (χ2v) is 7.78. The molecule has 10 heteroatoms. The van der Waals surface area contributed by atoms with Crippen molar-refractivity contribution in [3.63, 3.8) is 0 Å². The lowest BCUT2D eigenvalue weighted by Crippen LogP contribution is -2.47. The van der Waals surface area contributed by atoms with Gasteiger partial charge in [0.1, 0.15) is 11.4 Å². The first-order valence-corrected chi connectivity index (χ1v) is 10.4. The number of nitrogens with zero attached hydrogens (tertiary/aromatic N) is 5. The number of carbonyl (C=O) groups is 1. The van der Waals surface area contributed by atoms with E-state index < -0.39 is 29.0 Å². The molecule has 1 fully saturated rings. The van der Waals surface area contributed by atoms with Crippen molar-refractivity contribution in [2.75, 3.05) is 12.0 Å². The molecule has 0 atom stereocenters. The fourth-order valence-corrected chi connectivity index (χ4v) is 4.08. The van der Waals surface area contributed by atoms with Gasteiger partial charge in [0.2, 0.25) is 0 Å². The van der Waals surface area contributed by atoms with Crippen LogP contribution in [0.1, 0.15) is 37.7 Å². The molecule has 168 valence electrons. The molecular formula is C22H23F2N5O3. The van der Waals surface area contributed by atoms with Crippen molar-refractivity contribution in [1.82, 2.24) is 19.8 Å². The zero-order valence-corrected chi connectivity index (χ0v) is 17.8. The minimum atomic E-state index is -1.06. The van der Waals surface area contributed by atoms with Gasteiger partial charge in [0.15, 0.2) is 11.6 Å². The molecule has 0 bridgehead atoms. The third kappa shape index (κ3) is 3.88. The average Bonchev–Trinajstić information content (AvgIpc) is 3.16. The molecule has 0 aliphatic heterocycles. The van der Waals surface area contributed by atoms with E-state index in [2.05, 4.69) is 10.4 Å². The van der Waals surface area contributed by atoms with Crippen LogP contribution in [-0.2, 0) is 0 Å². The van der Waals surface area contributed by atoms with Crippen molar-refractivity contribution in [3.05, 3.63) is 64.1 Å². The lowest BCUT2D eigenvalue weighted by molar-refractivity contribution is 0.238. The normalized spacial score (nSPS) is 14.4. The zero-order valence-electron chi connectivity index (χ0n) is 17.8. The number of methoxy groups -OCH3 is 1. The van der Waals surface area contributed by atoms with Crippen LogP contribution in [0.25, 0.3) is 5.69 Å². The number of tetrazole rings is 1. The number of halogens is 2. The summed E-state index contributed by atoms with van der Waals surface area (Å²) in [5, 5.41) is 7.21. The molecule has 8 nitrogen and oxygen atoms in total. The molecule has 1 amide bonds. The molecule has 3 aromatic rings. The van der Waals surface area contributed by atoms with Crippen molar-refractivity contribution in [3.8, 4) is 11.4 Å². The Morgan fingerprint density at radius 1 is 1.09 bits per heavy atom. The van der Waals surface area contributed by atoms with Crippen molar-refractivity contribution in [2.45, 2.75) is 45.1 Å². The molecule has 1 heterocycles. The van der Waals surface area contributed by atoms with Gasteiger partial charge in [0.05, 0.1) is 12.8 Å². The van der Waals surface area contributed by atoms with Crippen LogP contribution in [0.15, 0.2) is 41.2 Å². The Kier molecular flexibility index (Phi) is 6.02. The molecule has 0 radical (unpaired) electrons. The third-order valence-electron chi connectivity index (χ3n) is 5.65. The summed E-state index contributed by atoms with van der Waals surface area (Å²) in [4.78, 5) is 28.0. The molecule has 4 rings (SSSR count). The SMILES string of the molecule is COc1ccc(C)cc1N(C(=O)n1nnn(-c2c(F)cccc2F)c1=O)C1CCCCC1. The van der Waals surface area contributed by atoms with Gasteiger partial charge in [-0.25, -0.2) is 18.4 Å². The van der Waals surface area contributed by atoms with Crippen LogP contribution in [0.2, 0.25) is 0 Å². The van der Waals surface area contributed by atoms with Crippen LogP contribution in [-0.4, -0.2) is 39.0 Å². The van der Waals surface area contributed by atoms with E-state index in [1.165, 1.54) is 18.1 Å². The van der Waals surface area contributed by atoms with E-state index >= 15 is 0 Å². The minimum absolute atomic E-state index is 0.186. The quantitative estimate of drug-likeness (QED) is 0.573. The fraction of sp³-hybridized carbons (Fsp3) is 0.364. The van der Waals surface area contributed by atoms with Gasteiger partial charge in [0, 0.05) is 6.04 Å². The highest BCUT2D eigenvalue weighted by atomic mass is 19.1. The second-order valence-electron chi connectivity index (χ2n) is 7.78. The Morgan fingerprint density at radius 2 is 1.78 bits per heavy atom. The van der Waals surface area contributed by atoms with Crippen molar-refractivity contribution < 1.29 is 18.3 Å². The number of aromatic nitrogens is 4. The number of hydrogen-bond donors (Lipinski definition) is 0. The summed E-state index contributed by atoms with van der Waals surface area (Å²) in [6, 6.07) is 7.64. The number of para-hydroxylation sites is 1. The van der Waals surface area contributed by atoms with Crippen molar-refractivity contribution in [2.24, 2.45) is 0 Å².